The molecule has 1 aromatic carbocycles. The lowest BCUT2D eigenvalue weighted by Gasteiger charge is -2.27. The number of amides is 1. The minimum Gasteiger partial charge on any atom is -0.339 e. The summed E-state index contributed by atoms with van der Waals surface area (Å²) in [6, 6.07) is 9.19. The Labute approximate surface area is 130 Å². The van der Waals surface area contributed by atoms with Crippen molar-refractivity contribution in [2.24, 2.45) is 0 Å². The highest BCUT2D eigenvalue weighted by molar-refractivity contribution is 6.05. The number of H-pyrrole nitrogens is 1. The lowest BCUT2D eigenvalue weighted by Crippen LogP contribution is -2.37. The molecule has 1 saturated carbocycles. The highest BCUT2D eigenvalue weighted by Crippen LogP contribution is 2.23. The van der Waals surface area contributed by atoms with Gasteiger partial charge in [-0.2, -0.15) is 0 Å². The van der Waals surface area contributed by atoms with Crippen LogP contribution in [0.1, 0.15) is 48.9 Å². The summed E-state index contributed by atoms with van der Waals surface area (Å²) in [5.41, 5.74) is 0.995. The molecule has 22 heavy (non-hydrogen) atoms. The van der Waals surface area contributed by atoms with Crippen molar-refractivity contribution in [3.63, 3.8) is 0 Å². The van der Waals surface area contributed by atoms with Crippen molar-refractivity contribution < 1.29 is 4.79 Å². The molecular weight excluding hydrogens is 276 g/mol. The van der Waals surface area contributed by atoms with Crippen molar-refractivity contribution in [3.05, 3.63) is 46.2 Å². The summed E-state index contributed by atoms with van der Waals surface area (Å²) < 4.78 is 0. The quantitative estimate of drug-likeness (QED) is 0.865. The zero-order valence-corrected chi connectivity index (χ0v) is 13.0. The number of carbonyl (C=O) groups excluding carboxylic acids is 1. The van der Waals surface area contributed by atoms with Crippen LogP contribution < -0.4 is 5.56 Å². The van der Waals surface area contributed by atoms with Crippen molar-refractivity contribution in [3.8, 4) is 0 Å². The molecule has 1 aliphatic rings. The number of aromatic nitrogens is 1. The van der Waals surface area contributed by atoms with E-state index in [4.69, 9.17) is 0 Å². The standard InChI is InChI=1S/C18H22N2O2/c1-20(13-8-4-2-3-5-9-13)18(22)15-12-17(21)19-16-11-7-6-10-14(15)16/h6-7,10-13H,2-5,8-9H2,1H3,(H,19,21). The molecule has 1 amide bonds. The van der Waals surface area contributed by atoms with Crippen LogP contribution >= 0.6 is 0 Å². The number of fused-ring (bicyclic) bond motifs is 1. The van der Waals surface area contributed by atoms with Gasteiger partial charge in [0.05, 0.1) is 5.56 Å². The first-order valence-electron chi connectivity index (χ1n) is 8.06. The predicted molar refractivity (Wildman–Crippen MR) is 88.2 cm³/mol. The number of aromatic amines is 1. The summed E-state index contributed by atoms with van der Waals surface area (Å²) in [7, 11) is 1.87. The molecule has 0 saturated heterocycles. The Kier molecular flexibility index (Phi) is 4.27. The maximum Gasteiger partial charge on any atom is 0.254 e. The van der Waals surface area contributed by atoms with Gasteiger partial charge >= 0.3 is 0 Å². The summed E-state index contributed by atoms with van der Waals surface area (Å²) in [6.07, 6.45) is 6.99. The first-order chi connectivity index (χ1) is 10.7. The molecule has 1 fully saturated rings. The molecule has 116 valence electrons. The molecule has 4 heteroatoms. The topological polar surface area (TPSA) is 53.2 Å². The van der Waals surface area contributed by atoms with Crippen LogP contribution in [0.5, 0.6) is 0 Å². The number of hydrogen-bond acceptors (Lipinski definition) is 2. The van der Waals surface area contributed by atoms with E-state index in [-0.39, 0.29) is 17.5 Å². The summed E-state index contributed by atoms with van der Waals surface area (Å²) in [4.78, 5) is 29.4. The molecular formula is C18H22N2O2. The average Bonchev–Trinajstić information content (AvgIpc) is 2.82. The minimum absolute atomic E-state index is 0.0470. The number of rotatable bonds is 2. The lowest BCUT2D eigenvalue weighted by molar-refractivity contribution is 0.0719. The molecule has 1 N–H and O–H groups in total. The number of nitrogens with zero attached hydrogens (tertiary/aromatic N) is 1. The Morgan fingerprint density at radius 1 is 1.14 bits per heavy atom. The van der Waals surface area contributed by atoms with Crippen LogP contribution in [0.4, 0.5) is 0 Å². The van der Waals surface area contributed by atoms with Gasteiger partial charge in [-0.05, 0) is 18.9 Å². The van der Waals surface area contributed by atoms with Crippen molar-refractivity contribution in [2.75, 3.05) is 7.05 Å². The Hall–Kier alpha value is -2.10. The fourth-order valence-electron chi connectivity index (χ4n) is 3.38. The highest BCUT2D eigenvalue weighted by atomic mass is 16.2. The van der Waals surface area contributed by atoms with E-state index < -0.39 is 0 Å². The smallest absolute Gasteiger partial charge is 0.254 e. The van der Waals surface area contributed by atoms with Gasteiger partial charge in [0.25, 0.3) is 5.91 Å². The van der Waals surface area contributed by atoms with E-state index in [9.17, 15) is 9.59 Å². The van der Waals surface area contributed by atoms with Crippen LogP contribution in [-0.4, -0.2) is 28.9 Å². The molecule has 0 spiro atoms. The Morgan fingerprint density at radius 3 is 2.55 bits per heavy atom. The van der Waals surface area contributed by atoms with E-state index in [0.717, 1.165) is 18.2 Å². The van der Waals surface area contributed by atoms with Crippen LogP contribution in [0.15, 0.2) is 35.1 Å². The molecule has 1 heterocycles. The number of nitrogens with one attached hydrogen (secondary N) is 1. The Balaban J connectivity index is 1.96. The second-order valence-electron chi connectivity index (χ2n) is 6.15. The summed E-state index contributed by atoms with van der Waals surface area (Å²) in [6.45, 7) is 0. The van der Waals surface area contributed by atoms with Crippen LogP contribution in [0.25, 0.3) is 10.9 Å². The monoisotopic (exact) mass is 298 g/mol. The molecule has 0 radical (unpaired) electrons. The fraction of sp³-hybridized carbons (Fsp3) is 0.444. The molecule has 0 aliphatic heterocycles. The lowest BCUT2D eigenvalue weighted by atomic mass is 10.0. The predicted octanol–water partition coefficient (Wildman–Crippen LogP) is 3.32. The summed E-state index contributed by atoms with van der Waals surface area (Å²) in [5.74, 6) is -0.0470. The van der Waals surface area contributed by atoms with Crippen LogP contribution in [-0.2, 0) is 0 Å². The third-order valence-electron chi connectivity index (χ3n) is 4.67. The maximum absolute atomic E-state index is 12.9. The highest BCUT2D eigenvalue weighted by Gasteiger charge is 2.23. The van der Waals surface area contributed by atoms with Gasteiger partial charge in [0.15, 0.2) is 0 Å². The Bertz CT molecular complexity index is 727. The largest absolute Gasteiger partial charge is 0.339 e. The second-order valence-corrected chi connectivity index (χ2v) is 6.15. The van der Waals surface area contributed by atoms with Gasteiger partial charge in [-0.1, -0.05) is 43.9 Å². The number of pyridine rings is 1. The van der Waals surface area contributed by atoms with Gasteiger partial charge < -0.3 is 9.88 Å². The van der Waals surface area contributed by atoms with Crippen LogP contribution in [0.3, 0.4) is 0 Å². The third-order valence-corrected chi connectivity index (χ3v) is 4.67. The Morgan fingerprint density at radius 2 is 1.82 bits per heavy atom. The van der Waals surface area contributed by atoms with E-state index in [2.05, 4.69) is 4.98 Å². The first kappa shape index (κ1) is 14.8. The van der Waals surface area contributed by atoms with Gasteiger partial charge in [-0.3, -0.25) is 9.59 Å². The second kappa shape index (κ2) is 6.34. The molecule has 2 aromatic rings. The van der Waals surface area contributed by atoms with Crippen molar-refractivity contribution >= 4 is 16.8 Å². The van der Waals surface area contributed by atoms with Gasteiger partial charge in [-0.15, -0.1) is 0 Å². The first-order valence-corrected chi connectivity index (χ1v) is 8.06. The SMILES string of the molecule is CN(C(=O)c1cc(=O)[nH]c2ccccc12)C1CCCCCC1. The van der Waals surface area contributed by atoms with E-state index in [1.54, 1.807) is 0 Å². The fourth-order valence-corrected chi connectivity index (χ4v) is 3.38. The van der Waals surface area contributed by atoms with E-state index >= 15 is 0 Å². The van der Waals surface area contributed by atoms with Gasteiger partial charge in [-0.25, -0.2) is 0 Å². The summed E-state index contributed by atoms with van der Waals surface area (Å²) >= 11 is 0. The molecule has 1 aliphatic carbocycles. The molecule has 1 aromatic heterocycles. The molecule has 3 rings (SSSR count). The average molecular weight is 298 g/mol. The van der Waals surface area contributed by atoms with E-state index in [0.29, 0.717) is 11.1 Å². The van der Waals surface area contributed by atoms with E-state index in [1.165, 1.54) is 31.7 Å². The molecule has 0 unspecified atom stereocenters. The van der Waals surface area contributed by atoms with E-state index in [1.807, 2.05) is 36.2 Å². The van der Waals surface area contributed by atoms with Crippen molar-refractivity contribution in [1.29, 1.82) is 0 Å². The number of para-hydroxylation sites is 1. The van der Waals surface area contributed by atoms with Gasteiger partial charge in [0.1, 0.15) is 0 Å². The molecule has 0 atom stereocenters. The van der Waals surface area contributed by atoms with Gasteiger partial charge in [0, 0.05) is 30.1 Å². The third kappa shape index (κ3) is 2.91. The zero-order valence-electron chi connectivity index (χ0n) is 13.0. The molecule has 0 bridgehead atoms. The van der Waals surface area contributed by atoms with Crippen LogP contribution in [0, 0.1) is 0 Å². The zero-order chi connectivity index (χ0) is 15.5. The number of benzene rings is 1. The minimum atomic E-state index is -0.226. The van der Waals surface area contributed by atoms with Crippen molar-refractivity contribution in [2.45, 2.75) is 44.6 Å². The number of hydrogen-bond donors (Lipinski definition) is 1. The summed E-state index contributed by atoms with van der Waals surface area (Å²) in [5, 5.41) is 0.813. The van der Waals surface area contributed by atoms with Gasteiger partial charge in [0.2, 0.25) is 5.56 Å². The van der Waals surface area contributed by atoms with Crippen LogP contribution in [0.2, 0.25) is 0 Å². The normalized spacial score (nSPS) is 16.4. The molecule has 4 nitrogen and oxygen atoms in total. The maximum atomic E-state index is 12.9. The van der Waals surface area contributed by atoms with Crippen molar-refractivity contribution in [1.82, 2.24) is 9.88 Å². The number of carbonyl (C=O) groups is 1.